The maximum absolute atomic E-state index is 11.0. The molecule has 1 aromatic carbocycles. The van der Waals surface area contributed by atoms with E-state index >= 15 is 0 Å². The lowest BCUT2D eigenvalue weighted by Gasteiger charge is -2.20. The smallest absolute Gasteiger partial charge is 0.328 e. The summed E-state index contributed by atoms with van der Waals surface area (Å²) in [6.07, 6.45) is 2.07. The van der Waals surface area contributed by atoms with Crippen molar-refractivity contribution < 1.29 is 9.66 Å². The van der Waals surface area contributed by atoms with Crippen LogP contribution in [0, 0.1) is 21.4 Å². The molecule has 0 N–H and O–H groups in total. The van der Waals surface area contributed by atoms with E-state index < -0.39 is 4.92 Å². The average molecular weight is 261 g/mol. The van der Waals surface area contributed by atoms with Crippen molar-refractivity contribution in [2.75, 3.05) is 20.7 Å². The Balaban J connectivity index is 2.54. The molecule has 2 rings (SSSR count). The van der Waals surface area contributed by atoms with Crippen LogP contribution in [-0.4, -0.2) is 30.5 Å². The van der Waals surface area contributed by atoms with Crippen LogP contribution >= 0.6 is 0 Å². The van der Waals surface area contributed by atoms with Gasteiger partial charge in [0, 0.05) is 6.04 Å². The molecule has 100 valence electrons. The highest BCUT2D eigenvalue weighted by Gasteiger charge is 2.28. The number of nitro groups is 1. The minimum atomic E-state index is -0.570. The molecule has 0 radical (unpaired) electrons. The quantitative estimate of drug-likeness (QED) is 0.615. The molecule has 0 saturated carbocycles. The molecule has 0 spiro atoms. The zero-order valence-corrected chi connectivity index (χ0v) is 10.9. The predicted octanol–water partition coefficient (Wildman–Crippen LogP) is 2.24. The Kier molecular flexibility index (Phi) is 3.67. The molecule has 6 nitrogen and oxygen atoms in total. The number of nitrogens with zero attached hydrogens (tertiary/aromatic N) is 3. The van der Waals surface area contributed by atoms with Gasteiger partial charge in [-0.15, -0.1) is 0 Å². The Bertz CT molecular complexity index is 551. The third kappa shape index (κ3) is 2.37. The third-order valence-corrected chi connectivity index (χ3v) is 3.53. The zero-order chi connectivity index (χ0) is 14.0. The number of ether oxygens (including phenoxy) is 1. The fourth-order valence-electron chi connectivity index (χ4n) is 2.58. The van der Waals surface area contributed by atoms with Crippen LogP contribution in [0.5, 0.6) is 5.75 Å². The van der Waals surface area contributed by atoms with Crippen molar-refractivity contribution in [2.45, 2.75) is 18.9 Å². The van der Waals surface area contributed by atoms with E-state index in [1.807, 2.05) is 13.1 Å². The third-order valence-electron chi connectivity index (χ3n) is 3.53. The molecule has 1 aliphatic rings. The molecule has 1 aromatic rings. The monoisotopic (exact) mass is 261 g/mol. The van der Waals surface area contributed by atoms with Crippen LogP contribution in [0.4, 0.5) is 5.69 Å². The van der Waals surface area contributed by atoms with E-state index in [4.69, 9.17) is 10.00 Å². The fourth-order valence-corrected chi connectivity index (χ4v) is 2.58. The molecule has 1 aliphatic heterocycles. The summed E-state index contributed by atoms with van der Waals surface area (Å²) in [5.74, 6) is 0.152. The summed E-state index contributed by atoms with van der Waals surface area (Å²) in [5, 5.41) is 20.1. The van der Waals surface area contributed by atoms with Gasteiger partial charge in [0.2, 0.25) is 0 Å². The highest BCUT2D eigenvalue weighted by molar-refractivity contribution is 5.60. The maximum Gasteiger partial charge on any atom is 0.328 e. The number of methoxy groups -OCH3 is 1. The summed E-state index contributed by atoms with van der Waals surface area (Å²) in [6, 6.07) is 5.36. The van der Waals surface area contributed by atoms with Gasteiger partial charge in [0.05, 0.1) is 12.0 Å². The molecular formula is C13H15N3O3. The number of benzene rings is 1. The van der Waals surface area contributed by atoms with Gasteiger partial charge in [-0.2, -0.15) is 5.26 Å². The average Bonchev–Trinajstić information content (AvgIpc) is 2.83. The normalized spacial score (nSPS) is 19.1. The molecule has 0 aromatic heterocycles. The second-order valence-electron chi connectivity index (χ2n) is 4.63. The van der Waals surface area contributed by atoms with E-state index in [0.717, 1.165) is 24.9 Å². The SMILES string of the molecule is COc1cc([C@@H]2CCCN2C)cc(C#N)c1[N+](=O)[O-]. The van der Waals surface area contributed by atoms with E-state index in [2.05, 4.69) is 4.90 Å². The molecule has 0 bridgehead atoms. The number of hydrogen-bond acceptors (Lipinski definition) is 5. The van der Waals surface area contributed by atoms with Crippen molar-refractivity contribution in [1.29, 1.82) is 5.26 Å². The summed E-state index contributed by atoms with van der Waals surface area (Å²) >= 11 is 0. The molecule has 1 saturated heterocycles. The van der Waals surface area contributed by atoms with Crippen LogP contribution in [0.2, 0.25) is 0 Å². The van der Waals surface area contributed by atoms with Crippen LogP contribution in [0.1, 0.15) is 30.0 Å². The molecule has 0 unspecified atom stereocenters. The fraction of sp³-hybridized carbons (Fsp3) is 0.462. The van der Waals surface area contributed by atoms with Crippen LogP contribution in [0.25, 0.3) is 0 Å². The molecule has 1 atom stereocenters. The molecular weight excluding hydrogens is 246 g/mol. The van der Waals surface area contributed by atoms with Gasteiger partial charge < -0.3 is 4.74 Å². The van der Waals surface area contributed by atoms with E-state index in [1.54, 1.807) is 12.1 Å². The molecule has 0 aliphatic carbocycles. The summed E-state index contributed by atoms with van der Waals surface area (Å²) in [4.78, 5) is 12.6. The van der Waals surface area contributed by atoms with Gasteiger partial charge in [0.15, 0.2) is 5.75 Å². The van der Waals surface area contributed by atoms with E-state index in [-0.39, 0.29) is 23.0 Å². The summed E-state index contributed by atoms with van der Waals surface area (Å²) in [6.45, 7) is 0.992. The van der Waals surface area contributed by atoms with Gasteiger partial charge >= 0.3 is 5.69 Å². The molecule has 1 heterocycles. The highest BCUT2D eigenvalue weighted by Crippen LogP contribution is 2.38. The Morgan fingerprint density at radius 2 is 2.32 bits per heavy atom. The first-order valence-corrected chi connectivity index (χ1v) is 6.05. The summed E-state index contributed by atoms with van der Waals surface area (Å²) in [5.41, 5.74) is 0.702. The lowest BCUT2D eigenvalue weighted by molar-refractivity contribution is -0.386. The molecule has 1 fully saturated rings. The second kappa shape index (κ2) is 5.24. The van der Waals surface area contributed by atoms with Crippen molar-refractivity contribution in [3.05, 3.63) is 33.4 Å². The summed E-state index contributed by atoms with van der Waals surface area (Å²) in [7, 11) is 3.39. The molecule has 6 heteroatoms. The molecule has 19 heavy (non-hydrogen) atoms. The lowest BCUT2D eigenvalue weighted by Crippen LogP contribution is -2.17. The Labute approximate surface area is 111 Å². The van der Waals surface area contributed by atoms with E-state index in [1.165, 1.54) is 7.11 Å². The Morgan fingerprint density at radius 1 is 1.58 bits per heavy atom. The first-order valence-electron chi connectivity index (χ1n) is 6.05. The number of hydrogen-bond donors (Lipinski definition) is 0. The largest absolute Gasteiger partial charge is 0.490 e. The first-order chi connectivity index (χ1) is 9.08. The molecule has 0 amide bonds. The second-order valence-corrected chi connectivity index (χ2v) is 4.63. The van der Waals surface area contributed by atoms with Crippen LogP contribution in [0.15, 0.2) is 12.1 Å². The minimum absolute atomic E-state index is 0.0552. The van der Waals surface area contributed by atoms with Gasteiger partial charge in [-0.3, -0.25) is 15.0 Å². The van der Waals surface area contributed by atoms with Crippen molar-refractivity contribution in [2.24, 2.45) is 0 Å². The van der Waals surface area contributed by atoms with Crippen molar-refractivity contribution in [3.8, 4) is 11.8 Å². The van der Waals surface area contributed by atoms with E-state index in [0.29, 0.717) is 0 Å². The zero-order valence-electron chi connectivity index (χ0n) is 10.9. The van der Waals surface area contributed by atoms with Crippen molar-refractivity contribution in [1.82, 2.24) is 4.90 Å². The number of nitro benzene ring substituents is 1. The van der Waals surface area contributed by atoms with Crippen molar-refractivity contribution >= 4 is 5.69 Å². The Morgan fingerprint density at radius 3 is 2.79 bits per heavy atom. The number of likely N-dealkylation sites (tertiary alicyclic amines) is 1. The maximum atomic E-state index is 11.0. The van der Waals surface area contributed by atoms with Gasteiger partial charge in [-0.1, -0.05) is 0 Å². The van der Waals surface area contributed by atoms with Crippen molar-refractivity contribution in [3.63, 3.8) is 0 Å². The Hall–Kier alpha value is -2.13. The van der Waals surface area contributed by atoms with Gasteiger partial charge in [0.1, 0.15) is 11.6 Å². The lowest BCUT2D eigenvalue weighted by atomic mass is 10.0. The number of rotatable bonds is 3. The van der Waals surface area contributed by atoms with Crippen LogP contribution < -0.4 is 4.74 Å². The van der Waals surface area contributed by atoms with Gasteiger partial charge in [-0.05, 0) is 44.1 Å². The standard InChI is InChI=1S/C13H15N3O3/c1-15-5-3-4-11(15)9-6-10(8-14)13(16(17)18)12(7-9)19-2/h6-7,11H,3-5H2,1-2H3/t11-/m0/s1. The topological polar surface area (TPSA) is 79.4 Å². The van der Waals surface area contributed by atoms with Gasteiger partial charge in [-0.25, -0.2) is 0 Å². The minimum Gasteiger partial charge on any atom is -0.490 e. The van der Waals surface area contributed by atoms with Crippen LogP contribution in [-0.2, 0) is 0 Å². The van der Waals surface area contributed by atoms with Gasteiger partial charge in [0.25, 0.3) is 0 Å². The first kappa shape index (κ1) is 13.3. The van der Waals surface area contributed by atoms with Crippen LogP contribution in [0.3, 0.4) is 0 Å². The van der Waals surface area contributed by atoms with E-state index in [9.17, 15) is 10.1 Å². The highest BCUT2D eigenvalue weighted by atomic mass is 16.6. The summed E-state index contributed by atoms with van der Waals surface area (Å²) < 4.78 is 5.07. The number of nitriles is 1. The predicted molar refractivity (Wildman–Crippen MR) is 69.0 cm³/mol.